The van der Waals surface area contributed by atoms with Crippen LogP contribution in [-0.2, 0) is 16.3 Å². The maximum atomic E-state index is 4.67. The predicted octanol–water partition coefficient (Wildman–Crippen LogP) is 10.6. The monoisotopic (exact) mass is 539 g/mol. The smallest absolute Gasteiger partial charge is 0.0732 e. The minimum atomic E-state index is 0.384. The molecule has 0 aliphatic carbocycles. The van der Waals surface area contributed by atoms with Gasteiger partial charge in [-0.25, -0.2) is 4.89 Å². The molecule has 0 aliphatic heterocycles. The fourth-order valence-corrected chi connectivity index (χ4v) is 4.41. The van der Waals surface area contributed by atoms with Crippen LogP contribution in [0.1, 0.15) is 117 Å². The standard InChI is InChI=1S/C25H39NO2.C11H22/c1-17(2)12-24-14-19(4)15-25(23(24)8)22(7)16-21(6)20(5)13-18(3)10-11-26-28-27-9;1-10(2)8-6-5-7-9-11(3)4/h10,13-17,22,26H,11-12H2,1-9H3;5-6,10-11H,7-9H2,1-4H3/b18-10-,20-13+,21-16-;6-5+. The molecule has 0 aromatic heterocycles. The molecule has 0 saturated carbocycles. The van der Waals surface area contributed by atoms with E-state index < -0.39 is 0 Å². The summed E-state index contributed by atoms with van der Waals surface area (Å²) in [6, 6.07) is 4.70. The van der Waals surface area contributed by atoms with E-state index in [1.54, 1.807) is 0 Å². The molecule has 39 heavy (non-hydrogen) atoms. The Hall–Kier alpha value is -1.94. The average Bonchev–Trinajstić information content (AvgIpc) is 2.83. The molecule has 0 heterocycles. The number of hydrogen-bond donors (Lipinski definition) is 1. The lowest BCUT2D eigenvalue weighted by molar-refractivity contribution is -0.315. The van der Waals surface area contributed by atoms with Gasteiger partial charge in [-0.05, 0) is 106 Å². The number of benzene rings is 1. The Morgan fingerprint density at radius 1 is 0.872 bits per heavy atom. The van der Waals surface area contributed by atoms with E-state index in [4.69, 9.17) is 0 Å². The molecule has 3 nitrogen and oxygen atoms in total. The second-order valence-electron chi connectivity index (χ2n) is 12.3. The van der Waals surface area contributed by atoms with Gasteiger partial charge >= 0.3 is 0 Å². The van der Waals surface area contributed by atoms with Gasteiger partial charge in [0.05, 0.1) is 7.11 Å². The summed E-state index contributed by atoms with van der Waals surface area (Å²) in [7, 11) is 1.48. The largest absolute Gasteiger partial charge is 0.221 e. The van der Waals surface area contributed by atoms with Gasteiger partial charge in [0.2, 0.25) is 0 Å². The van der Waals surface area contributed by atoms with Gasteiger partial charge in [0.1, 0.15) is 0 Å². The van der Waals surface area contributed by atoms with Crippen molar-refractivity contribution in [2.75, 3.05) is 13.7 Å². The van der Waals surface area contributed by atoms with Crippen LogP contribution in [-0.4, -0.2) is 13.7 Å². The normalized spacial score (nSPS) is 14.0. The topological polar surface area (TPSA) is 30.5 Å². The lowest BCUT2D eigenvalue weighted by Crippen LogP contribution is -2.13. The van der Waals surface area contributed by atoms with Gasteiger partial charge < -0.3 is 0 Å². The van der Waals surface area contributed by atoms with Crippen molar-refractivity contribution in [2.24, 2.45) is 17.8 Å². The first kappa shape index (κ1) is 37.1. The molecule has 0 aliphatic rings. The summed E-state index contributed by atoms with van der Waals surface area (Å²) in [5, 5.41) is 0. The predicted molar refractivity (Wildman–Crippen MR) is 173 cm³/mol. The molecule has 1 aromatic carbocycles. The third-order valence-electron chi connectivity index (χ3n) is 6.72. The molecule has 0 fully saturated rings. The van der Waals surface area contributed by atoms with Crippen LogP contribution >= 0.6 is 0 Å². The third kappa shape index (κ3) is 18.1. The van der Waals surface area contributed by atoms with E-state index in [2.05, 4.69) is 141 Å². The molecule has 1 rings (SSSR count). The number of allylic oxidation sites excluding steroid dienone is 7. The van der Waals surface area contributed by atoms with E-state index in [9.17, 15) is 0 Å². The minimum Gasteiger partial charge on any atom is -0.221 e. The molecule has 0 amide bonds. The summed E-state index contributed by atoms with van der Waals surface area (Å²) in [5.74, 6) is 2.71. The summed E-state index contributed by atoms with van der Waals surface area (Å²) in [6.07, 6.45) is 16.2. The molecule has 0 radical (unpaired) electrons. The Labute approximate surface area is 242 Å². The van der Waals surface area contributed by atoms with E-state index in [0.29, 0.717) is 18.4 Å². The van der Waals surface area contributed by atoms with Crippen LogP contribution in [0.4, 0.5) is 0 Å². The molecular formula is C36H61NO2. The molecular weight excluding hydrogens is 478 g/mol. The van der Waals surface area contributed by atoms with E-state index in [1.165, 1.54) is 65.3 Å². The summed E-state index contributed by atoms with van der Waals surface area (Å²) < 4.78 is 0. The molecule has 0 spiro atoms. The van der Waals surface area contributed by atoms with Crippen molar-refractivity contribution in [3.05, 3.63) is 81.5 Å². The Kier molecular flexibility index (Phi) is 19.9. The van der Waals surface area contributed by atoms with Gasteiger partial charge in [-0.15, -0.1) is 4.99 Å². The lowest BCUT2D eigenvalue weighted by atomic mass is 9.87. The van der Waals surface area contributed by atoms with Crippen LogP contribution < -0.4 is 5.48 Å². The van der Waals surface area contributed by atoms with Crippen molar-refractivity contribution in [3.8, 4) is 0 Å². The van der Waals surface area contributed by atoms with Crippen molar-refractivity contribution in [3.63, 3.8) is 0 Å². The fourth-order valence-electron chi connectivity index (χ4n) is 4.41. The summed E-state index contributed by atoms with van der Waals surface area (Å²) >= 11 is 0. The molecule has 3 heteroatoms. The zero-order valence-electron chi connectivity index (χ0n) is 27.7. The van der Waals surface area contributed by atoms with E-state index in [0.717, 1.165) is 18.3 Å². The average molecular weight is 540 g/mol. The minimum absolute atomic E-state index is 0.384. The second-order valence-corrected chi connectivity index (χ2v) is 12.3. The Morgan fingerprint density at radius 2 is 1.54 bits per heavy atom. The number of hydrogen-bond acceptors (Lipinski definition) is 3. The fraction of sp³-hybridized carbons (Fsp3) is 0.611. The van der Waals surface area contributed by atoms with Gasteiger partial charge in [0, 0.05) is 6.54 Å². The summed E-state index contributed by atoms with van der Waals surface area (Å²) in [4.78, 5) is 9.18. The first-order valence-corrected chi connectivity index (χ1v) is 15.0. The number of nitrogens with one attached hydrogen (secondary N) is 1. The highest BCUT2D eigenvalue weighted by Crippen LogP contribution is 2.28. The van der Waals surface area contributed by atoms with Crippen LogP contribution in [0.15, 0.2) is 59.2 Å². The van der Waals surface area contributed by atoms with Crippen molar-refractivity contribution in [1.29, 1.82) is 0 Å². The third-order valence-corrected chi connectivity index (χ3v) is 6.72. The molecule has 1 N–H and O–H groups in total. The van der Waals surface area contributed by atoms with Crippen molar-refractivity contribution in [2.45, 2.75) is 115 Å². The first-order chi connectivity index (χ1) is 18.3. The SMILES string of the molecule is CC(C)C/C=C/CCC(C)C.COONC\C=C(C)/C=C(C)/C(C)=C\C(C)c1cc(C)cc(CC(C)C)c1C. The summed E-state index contributed by atoms with van der Waals surface area (Å²) in [6.45, 7) is 27.5. The lowest BCUT2D eigenvalue weighted by Gasteiger charge is -2.18. The van der Waals surface area contributed by atoms with Gasteiger partial charge in [0.25, 0.3) is 0 Å². The van der Waals surface area contributed by atoms with E-state index in [-0.39, 0.29) is 0 Å². The maximum absolute atomic E-state index is 4.67. The zero-order chi connectivity index (χ0) is 30.0. The summed E-state index contributed by atoms with van der Waals surface area (Å²) in [5.41, 5.74) is 12.2. The highest BCUT2D eigenvalue weighted by molar-refractivity contribution is 5.43. The second kappa shape index (κ2) is 20.9. The highest BCUT2D eigenvalue weighted by Gasteiger charge is 2.12. The number of aryl methyl sites for hydroxylation is 1. The van der Waals surface area contributed by atoms with E-state index in [1.807, 2.05) is 0 Å². The molecule has 0 bridgehead atoms. The van der Waals surface area contributed by atoms with Crippen LogP contribution in [0.2, 0.25) is 0 Å². The Morgan fingerprint density at radius 3 is 2.10 bits per heavy atom. The van der Waals surface area contributed by atoms with Crippen LogP contribution in [0.3, 0.4) is 0 Å². The van der Waals surface area contributed by atoms with Crippen LogP contribution in [0.25, 0.3) is 0 Å². The Balaban J connectivity index is 0.00000110. The van der Waals surface area contributed by atoms with Gasteiger partial charge in [-0.1, -0.05) is 108 Å². The first-order valence-electron chi connectivity index (χ1n) is 15.0. The van der Waals surface area contributed by atoms with Crippen LogP contribution in [0, 0.1) is 31.6 Å². The highest BCUT2D eigenvalue weighted by atomic mass is 17.3. The molecule has 1 atom stereocenters. The number of rotatable bonds is 15. The van der Waals surface area contributed by atoms with Crippen molar-refractivity contribution in [1.82, 2.24) is 5.48 Å². The van der Waals surface area contributed by atoms with Gasteiger partial charge in [-0.3, -0.25) is 0 Å². The quantitative estimate of drug-likeness (QED) is 0.0790. The zero-order valence-corrected chi connectivity index (χ0v) is 27.7. The van der Waals surface area contributed by atoms with E-state index >= 15 is 0 Å². The molecule has 0 saturated heterocycles. The van der Waals surface area contributed by atoms with Gasteiger partial charge in [0.15, 0.2) is 0 Å². The molecule has 222 valence electrons. The maximum Gasteiger partial charge on any atom is 0.0732 e. The van der Waals surface area contributed by atoms with Crippen molar-refractivity contribution >= 4 is 0 Å². The molecule has 1 unspecified atom stereocenters. The molecule has 1 aromatic rings. The van der Waals surface area contributed by atoms with Gasteiger partial charge in [-0.2, -0.15) is 5.48 Å². The van der Waals surface area contributed by atoms with Crippen molar-refractivity contribution < 1.29 is 9.88 Å². The Bertz CT molecular complexity index is 932. The number of hydroxylamine groups is 1. The van der Waals surface area contributed by atoms with Crippen LogP contribution in [0.5, 0.6) is 0 Å².